The van der Waals surface area contributed by atoms with Crippen molar-refractivity contribution in [3.8, 4) is 11.1 Å². The predicted molar refractivity (Wildman–Crippen MR) is 64.0 cm³/mol. The topological polar surface area (TPSA) is 29.5 Å². The van der Waals surface area contributed by atoms with Crippen molar-refractivity contribution in [3.05, 3.63) is 59.7 Å². The van der Waals surface area contributed by atoms with Crippen molar-refractivity contribution in [3.63, 3.8) is 0 Å². The maximum Gasteiger partial charge on any atom is 0.107 e. The second kappa shape index (κ2) is 4.92. The molecule has 0 aromatic heterocycles. The lowest BCUT2D eigenvalue weighted by atomic mass is 10.0. The second-order valence-corrected chi connectivity index (χ2v) is 3.84. The van der Waals surface area contributed by atoms with Gasteiger partial charge in [0.25, 0.3) is 0 Å². The first-order chi connectivity index (χ1) is 7.79. The van der Waals surface area contributed by atoms with Gasteiger partial charge in [-0.15, -0.1) is 0 Å². The third-order valence-corrected chi connectivity index (χ3v) is 2.57. The molecular weight excluding hydrogens is 200 g/mol. The first kappa shape index (κ1) is 10.9. The van der Waals surface area contributed by atoms with E-state index in [9.17, 15) is 0 Å². The van der Waals surface area contributed by atoms with Crippen LogP contribution in [-0.2, 0) is 11.5 Å². The first-order valence-corrected chi connectivity index (χ1v) is 5.22. The maximum atomic E-state index is 8.34. The van der Waals surface area contributed by atoms with Crippen LogP contribution in [0.5, 0.6) is 0 Å². The van der Waals surface area contributed by atoms with Crippen LogP contribution in [0.15, 0.2) is 48.5 Å². The van der Waals surface area contributed by atoms with Gasteiger partial charge in [-0.2, -0.15) is 0 Å². The minimum Gasteiger partial charge on any atom is -0.251 e. The molecule has 2 aromatic rings. The highest BCUT2D eigenvalue weighted by Gasteiger charge is 1.97. The number of hydrogen-bond acceptors (Lipinski definition) is 2. The van der Waals surface area contributed by atoms with Crippen LogP contribution in [0.25, 0.3) is 11.1 Å². The van der Waals surface area contributed by atoms with Crippen molar-refractivity contribution < 1.29 is 10.1 Å². The number of benzene rings is 2. The van der Waals surface area contributed by atoms with Crippen LogP contribution in [0.2, 0.25) is 0 Å². The molecule has 0 spiro atoms. The molecule has 0 aliphatic heterocycles. The van der Waals surface area contributed by atoms with Gasteiger partial charge in [-0.1, -0.05) is 54.1 Å². The van der Waals surface area contributed by atoms with E-state index in [4.69, 9.17) is 5.26 Å². The van der Waals surface area contributed by atoms with Crippen LogP contribution >= 0.6 is 0 Å². The molecule has 0 heterocycles. The highest BCUT2D eigenvalue weighted by molar-refractivity contribution is 5.63. The van der Waals surface area contributed by atoms with Gasteiger partial charge in [0.1, 0.15) is 6.61 Å². The van der Waals surface area contributed by atoms with E-state index in [1.165, 1.54) is 16.7 Å². The van der Waals surface area contributed by atoms with Gasteiger partial charge in [-0.05, 0) is 23.6 Å². The average Bonchev–Trinajstić information content (AvgIpc) is 2.32. The quantitative estimate of drug-likeness (QED) is 0.624. The summed E-state index contributed by atoms with van der Waals surface area (Å²) >= 11 is 0. The summed E-state index contributed by atoms with van der Waals surface area (Å²) in [6.07, 6.45) is 0. The van der Waals surface area contributed by atoms with Crippen molar-refractivity contribution in [2.75, 3.05) is 0 Å². The molecule has 82 valence electrons. The van der Waals surface area contributed by atoms with E-state index in [1.807, 2.05) is 24.3 Å². The van der Waals surface area contributed by atoms with Gasteiger partial charge < -0.3 is 0 Å². The summed E-state index contributed by atoms with van der Waals surface area (Å²) in [5.41, 5.74) is 4.58. The second-order valence-electron chi connectivity index (χ2n) is 3.84. The Morgan fingerprint density at radius 2 is 1.38 bits per heavy atom. The lowest BCUT2D eigenvalue weighted by molar-refractivity contribution is -0.253. The lowest BCUT2D eigenvalue weighted by Gasteiger charge is -2.03. The van der Waals surface area contributed by atoms with Crippen LogP contribution in [0.1, 0.15) is 11.1 Å². The van der Waals surface area contributed by atoms with Gasteiger partial charge in [-0.25, -0.2) is 4.89 Å². The van der Waals surface area contributed by atoms with Crippen LogP contribution in [0.3, 0.4) is 0 Å². The molecule has 1 N–H and O–H groups in total. The van der Waals surface area contributed by atoms with E-state index < -0.39 is 0 Å². The van der Waals surface area contributed by atoms with Gasteiger partial charge in [-0.3, -0.25) is 5.26 Å². The number of aryl methyl sites for hydroxylation is 1. The third-order valence-electron chi connectivity index (χ3n) is 2.57. The largest absolute Gasteiger partial charge is 0.251 e. The standard InChI is InChI=1S/C14H14O2/c1-11-2-6-13(7-3-11)14-8-4-12(5-9-14)10-16-15/h2-9,15H,10H2,1H3. The van der Waals surface area contributed by atoms with Crippen molar-refractivity contribution in [2.45, 2.75) is 13.5 Å². The van der Waals surface area contributed by atoms with Crippen LogP contribution < -0.4 is 0 Å². The summed E-state index contributed by atoms with van der Waals surface area (Å²) in [7, 11) is 0. The smallest absolute Gasteiger partial charge is 0.107 e. The molecule has 16 heavy (non-hydrogen) atoms. The zero-order valence-electron chi connectivity index (χ0n) is 9.18. The average molecular weight is 214 g/mol. The molecule has 0 atom stereocenters. The molecule has 0 fully saturated rings. The lowest BCUT2D eigenvalue weighted by Crippen LogP contribution is -1.87. The zero-order chi connectivity index (χ0) is 11.4. The Morgan fingerprint density at radius 3 is 1.88 bits per heavy atom. The number of rotatable bonds is 3. The molecule has 0 unspecified atom stereocenters. The van der Waals surface area contributed by atoms with Crippen molar-refractivity contribution >= 4 is 0 Å². The minimum atomic E-state index is 0.230. The Balaban J connectivity index is 2.24. The molecule has 2 heteroatoms. The van der Waals surface area contributed by atoms with E-state index >= 15 is 0 Å². The fourth-order valence-corrected chi connectivity index (χ4v) is 1.61. The van der Waals surface area contributed by atoms with Gasteiger partial charge in [0.05, 0.1) is 0 Å². The first-order valence-electron chi connectivity index (χ1n) is 5.22. The highest BCUT2D eigenvalue weighted by atomic mass is 17.1. The summed E-state index contributed by atoms with van der Waals surface area (Å²) in [6.45, 7) is 2.31. The molecule has 0 amide bonds. The summed E-state index contributed by atoms with van der Waals surface area (Å²) in [4.78, 5) is 4.09. The van der Waals surface area contributed by atoms with Gasteiger partial charge in [0, 0.05) is 0 Å². The molecular formula is C14H14O2. The van der Waals surface area contributed by atoms with Crippen molar-refractivity contribution in [1.29, 1.82) is 0 Å². The normalized spacial score (nSPS) is 10.4. The Bertz CT molecular complexity index is 443. The molecule has 0 aliphatic rings. The predicted octanol–water partition coefficient (Wildman–Crippen LogP) is 3.65. The molecule has 0 saturated carbocycles. The molecule has 0 aliphatic carbocycles. The molecule has 0 radical (unpaired) electrons. The SMILES string of the molecule is Cc1ccc(-c2ccc(COO)cc2)cc1. The monoisotopic (exact) mass is 214 g/mol. The molecule has 2 rings (SSSR count). The van der Waals surface area contributed by atoms with E-state index in [0.29, 0.717) is 0 Å². The fraction of sp³-hybridized carbons (Fsp3) is 0.143. The Labute approximate surface area is 95.1 Å². The van der Waals surface area contributed by atoms with Crippen molar-refractivity contribution in [2.24, 2.45) is 0 Å². The maximum absolute atomic E-state index is 8.34. The van der Waals surface area contributed by atoms with E-state index in [-0.39, 0.29) is 6.61 Å². The van der Waals surface area contributed by atoms with Crippen LogP contribution in [0, 0.1) is 6.92 Å². The summed E-state index contributed by atoms with van der Waals surface area (Å²) in [5.74, 6) is 0. The van der Waals surface area contributed by atoms with Crippen molar-refractivity contribution in [1.82, 2.24) is 0 Å². The highest BCUT2D eigenvalue weighted by Crippen LogP contribution is 2.20. The van der Waals surface area contributed by atoms with Gasteiger partial charge in [0.2, 0.25) is 0 Å². The molecule has 0 saturated heterocycles. The van der Waals surface area contributed by atoms with Gasteiger partial charge in [0.15, 0.2) is 0 Å². The molecule has 0 bridgehead atoms. The van der Waals surface area contributed by atoms with Crippen LogP contribution in [-0.4, -0.2) is 5.26 Å². The van der Waals surface area contributed by atoms with E-state index in [1.54, 1.807) is 0 Å². The third kappa shape index (κ3) is 2.48. The Hall–Kier alpha value is -1.64. The Morgan fingerprint density at radius 1 is 0.875 bits per heavy atom. The number of hydrogen-bond donors (Lipinski definition) is 1. The van der Waals surface area contributed by atoms with E-state index in [2.05, 4.69) is 36.1 Å². The summed E-state index contributed by atoms with van der Waals surface area (Å²) in [6, 6.07) is 16.4. The summed E-state index contributed by atoms with van der Waals surface area (Å²) < 4.78 is 0. The summed E-state index contributed by atoms with van der Waals surface area (Å²) in [5, 5.41) is 8.34. The zero-order valence-corrected chi connectivity index (χ0v) is 9.18. The van der Waals surface area contributed by atoms with Crippen LogP contribution in [0.4, 0.5) is 0 Å². The fourth-order valence-electron chi connectivity index (χ4n) is 1.61. The van der Waals surface area contributed by atoms with Gasteiger partial charge >= 0.3 is 0 Å². The molecule has 2 nitrogen and oxygen atoms in total. The Kier molecular flexibility index (Phi) is 3.34. The van der Waals surface area contributed by atoms with E-state index in [0.717, 1.165) is 5.56 Å². The molecule has 2 aromatic carbocycles. The minimum absolute atomic E-state index is 0.230.